The van der Waals surface area contributed by atoms with Crippen molar-refractivity contribution in [3.05, 3.63) is 131 Å². The first-order valence-corrected chi connectivity index (χ1v) is 15.9. The Morgan fingerprint density at radius 3 is 2.05 bits per heavy atom. The predicted molar refractivity (Wildman–Crippen MR) is 171 cm³/mol. The van der Waals surface area contributed by atoms with Crippen LogP contribution < -0.4 is 9.62 Å². The van der Waals surface area contributed by atoms with Crippen molar-refractivity contribution in [2.45, 2.75) is 57.6 Å². The molecule has 44 heavy (non-hydrogen) atoms. The van der Waals surface area contributed by atoms with Gasteiger partial charge in [0.15, 0.2) is 0 Å². The lowest BCUT2D eigenvalue weighted by Crippen LogP contribution is -2.54. The second-order valence-corrected chi connectivity index (χ2v) is 13.0. The molecule has 4 aromatic rings. The van der Waals surface area contributed by atoms with E-state index in [9.17, 15) is 22.4 Å². The standard InChI is InChI=1S/C35H38FN3O4S/c1-25(2)37-35(41)33(22-28-10-6-5-7-11-28)38(23-29-12-8-9-27(4)21-29)34(40)24-39(31-17-13-26(3)14-18-31)44(42,43)32-19-15-30(36)16-20-32/h5-21,25,33H,22-24H2,1-4H3,(H,37,41). The Kier molecular flexibility index (Phi) is 10.5. The molecule has 0 radical (unpaired) electrons. The number of benzene rings is 4. The molecule has 7 nitrogen and oxygen atoms in total. The van der Waals surface area contributed by atoms with Crippen molar-refractivity contribution in [2.24, 2.45) is 0 Å². The minimum Gasteiger partial charge on any atom is -0.352 e. The van der Waals surface area contributed by atoms with Crippen LogP contribution in [-0.4, -0.2) is 43.8 Å². The Labute approximate surface area is 259 Å². The maximum atomic E-state index is 14.4. The molecule has 4 aromatic carbocycles. The number of anilines is 1. The summed E-state index contributed by atoms with van der Waals surface area (Å²) < 4.78 is 42.7. The highest BCUT2D eigenvalue weighted by molar-refractivity contribution is 7.92. The van der Waals surface area contributed by atoms with Crippen LogP contribution in [0.5, 0.6) is 0 Å². The third-order valence-electron chi connectivity index (χ3n) is 7.14. The molecule has 1 atom stereocenters. The second-order valence-electron chi connectivity index (χ2n) is 11.2. The van der Waals surface area contributed by atoms with E-state index in [0.717, 1.165) is 38.7 Å². The van der Waals surface area contributed by atoms with Crippen LogP contribution in [0.1, 0.15) is 36.1 Å². The van der Waals surface area contributed by atoms with Gasteiger partial charge in [-0.25, -0.2) is 12.8 Å². The van der Waals surface area contributed by atoms with E-state index in [1.165, 1.54) is 17.0 Å². The number of nitrogens with zero attached hydrogens (tertiary/aromatic N) is 2. The van der Waals surface area contributed by atoms with Crippen LogP contribution in [0.4, 0.5) is 10.1 Å². The number of hydrogen-bond acceptors (Lipinski definition) is 4. The zero-order valence-corrected chi connectivity index (χ0v) is 26.2. The van der Waals surface area contributed by atoms with Gasteiger partial charge in [-0.05, 0) is 75.2 Å². The van der Waals surface area contributed by atoms with Gasteiger partial charge in [-0.15, -0.1) is 0 Å². The molecular weight excluding hydrogens is 577 g/mol. The van der Waals surface area contributed by atoms with E-state index in [1.54, 1.807) is 24.3 Å². The van der Waals surface area contributed by atoms with Gasteiger partial charge >= 0.3 is 0 Å². The van der Waals surface area contributed by atoms with Crippen LogP contribution in [0.3, 0.4) is 0 Å². The largest absolute Gasteiger partial charge is 0.352 e. The van der Waals surface area contributed by atoms with E-state index >= 15 is 0 Å². The number of carbonyl (C=O) groups is 2. The molecule has 1 N–H and O–H groups in total. The van der Waals surface area contributed by atoms with Crippen LogP contribution in [0.15, 0.2) is 108 Å². The maximum Gasteiger partial charge on any atom is 0.264 e. The van der Waals surface area contributed by atoms with Crippen molar-refractivity contribution < 1.29 is 22.4 Å². The molecule has 0 saturated heterocycles. The maximum absolute atomic E-state index is 14.4. The Morgan fingerprint density at radius 1 is 0.795 bits per heavy atom. The smallest absolute Gasteiger partial charge is 0.264 e. The summed E-state index contributed by atoms with van der Waals surface area (Å²) in [4.78, 5) is 29.5. The first-order chi connectivity index (χ1) is 20.9. The molecule has 0 saturated carbocycles. The number of rotatable bonds is 12. The Bertz CT molecular complexity index is 1680. The van der Waals surface area contributed by atoms with Crippen LogP contribution in [0, 0.1) is 19.7 Å². The monoisotopic (exact) mass is 615 g/mol. The molecule has 0 fully saturated rings. The third-order valence-corrected chi connectivity index (χ3v) is 8.93. The van der Waals surface area contributed by atoms with E-state index in [-0.39, 0.29) is 35.5 Å². The highest BCUT2D eigenvalue weighted by Gasteiger charge is 2.34. The van der Waals surface area contributed by atoms with Gasteiger partial charge in [0.1, 0.15) is 18.4 Å². The molecular formula is C35H38FN3O4S. The van der Waals surface area contributed by atoms with Crippen molar-refractivity contribution in [3.8, 4) is 0 Å². The zero-order chi connectivity index (χ0) is 31.9. The van der Waals surface area contributed by atoms with E-state index in [1.807, 2.05) is 82.3 Å². The van der Waals surface area contributed by atoms with Crippen LogP contribution in [-0.2, 0) is 32.6 Å². The fourth-order valence-corrected chi connectivity index (χ4v) is 6.33. The molecule has 0 heterocycles. The highest BCUT2D eigenvalue weighted by Crippen LogP contribution is 2.26. The number of hydrogen-bond donors (Lipinski definition) is 1. The van der Waals surface area contributed by atoms with Crippen LogP contribution >= 0.6 is 0 Å². The lowest BCUT2D eigenvalue weighted by molar-refractivity contribution is -0.140. The fourth-order valence-electron chi connectivity index (χ4n) is 4.92. The summed E-state index contributed by atoms with van der Waals surface area (Å²) in [6.45, 7) is 7.02. The second kappa shape index (κ2) is 14.3. The van der Waals surface area contributed by atoms with Gasteiger partial charge in [0.25, 0.3) is 10.0 Å². The quantitative estimate of drug-likeness (QED) is 0.218. The van der Waals surface area contributed by atoms with E-state index < -0.39 is 34.3 Å². The topological polar surface area (TPSA) is 86.8 Å². The number of halogens is 1. The van der Waals surface area contributed by atoms with E-state index in [4.69, 9.17) is 0 Å². The van der Waals surface area contributed by atoms with E-state index in [2.05, 4.69) is 5.32 Å². The zero-order valence-electron chi connectivity index (χ0n) is 25.4. The number of aryl methyl sites for hydroxylation is 2. The summed E-state index contributed by atoms with van der Waals surface area (Å²) in [6, 6.07) is 27.2. The van der Waals surface area contributed by atoms with Crippen molar-refractivity contribution >= 4 is 27.5 Å². The average molecular weight is 616 g/mol. The normalized spacial score (nSPS) is 12.0. The lowest BCUT2D eigenvalue weighted by Gasteiger charge is -2.34. The van der Waals surface area contributed by atoms with Crippen molar-refractivity contribution in [2.75, 3.05) is 10.8 Å². The lowest BCUT2D eigenvalue weighted by atomic mass is 10.0. The molecule has 0 bridgehead atoms. The minimum atomic E-state index is -4.30. The first kappa shape index (κ1) is 32.4. The number of sulfonamides is 1. The molecule has 0 aliphatic carbocycles. The highest BCUT2D eigenvalue weighted by atomic mass is 32.2. The molecule has 1 unspecified atom stereocenters. The van der Waals surface area contributed by atoms with Crippen LogP contribution in [0.25, 0.3) is 0 Å². The Hall–Kier alpha value is -4.50. The van der Waals surface area contributed by atoms with Gasteiger partial charge in [0, 0.05) is 19.0 Å². The summed E-state index contributed by atoms with van der Waals surface area (Å²) in [5.74, 6) is -1.48. The summed E-state index contributed by atoms with van der Waals surface area (Å²) in [6.07, 6.45) is 0.228. The van der Waals surface area contributed by atoms with Gasteiger partial charge in [0.2, 0.25) is 11.8 Å². The third kappa shape index (κ3) is 8.32. The van der Waals surface area contributed by atoms with E-state index in [0.29, 0.717) is 0 Å². The van der Waals surface area contributed by atoms with Gasteiger partial charge in [-0.1, -0.05) is 77.9 Å². The molecule has 4 rings (SSSR count). The fraction of sp³-hybridized carbons (Fsp3) is 0.257. The van der Waals surface area contributed by atoms with Gasteiger partial charge < -0.3 is 10.2 Å². The van der Waals surface area contributed by atoms with Crippen molar-refractivity contribution in [1.29, 1.82) is 0 Å². The molecule has 230 valence electrons. The SMILES string of the molecule is Cc1ccc(N(CC(=O)N(Cc2cccc(C)c2)C(Cc2ccccc2)C(=O)NC(C)C)S(=O)(=O)c2ccc(F)cc2)cc1. The van der Waals surface area contributed by atoms with Gasteiger partial charge in [-0.3, -0.25) is 13.9 Å². The van der Waals surface area contributed by atoms with Gasteiger partial charge in [-0.2, -0.15) is 0 Å². The number of amides is 2. The summed E-state index contributed by atoms with van der Waals surface area (Å²) in [5.41, 5.74) is 3.83. The Morgan fingerprint density at radius 2 is 1.43 bits per heavy atom. The molecule has 2 amide bonds. The first-order valence-electron chi connectivity index (χ1n) is 14.5. The molecule has 0 aliphatic heterocycles. The predicted octanol–water partition coefficient (Wildman–Crippen LogP) is 5.80. The number of nitrogens with one attached hydrogen (secondary N) is 1. The summed E-state index contributed by atoms with van der Waals surface area (Å²) in [5, 5.41) is 2.95. The number of carbonyl (C=O) groups excluding carboxylic acids is 2. The molecule has 0 spiro atoms. The molecule has 0 aliphatic rings. The van der Waals surface area contributed by atoms with Gasteiger partial charge in [0.05, 0.1) is 10.6 Å². The van der Waals surface area contributed by atoms with Crippen molar-refractivity contribution in [1.82, 2.24) is 10.2 Å². The molecule has 0 aromatic heterocycles. The average Bonchev–Trinajstić information content (AvgIpc) is 2.98. The Balaban J connectivity index is 1.80. The van der Waals surface area contributed by atoms with Crippen molar-refractivity contribution in [3.63, 3.8) is 0 Å². The summed E-state index contributed by atoms with van der Waals surface area (Å²) in [7, 11) is -4.30. The summed E-state index contributed by atoms with van der Waals surface area (Å²) >= 11 is 0. The minimum absolute atomic E-state index is 0.0852. The van der Waals surface area contributed by atoms with Crippen LogP contribution in [0.2, 0.25) is 0 Å². The molecule has 9 heteroatoms.